The molecule has 28 heavy (non-hydrogen) atoms. The minimum Gasteiger partial charge on any atom is -0.348 e. The number of Topliss-reactive ketones (excluding diaryl/α,β-unsaturated/α-hetero) is 1. The van der Waals surface area contributed by atoms with E-state index in [4.69, 9.17) is 4.52 Å². The predicted molar refractivity (Wildman–Crippen MR) is 105 cm³/mol. The molecule has 0 unspecified atom stereocenters. The number of aromatic nitrogens is 3. The number of hydrogen-bond donors (Lipinski definition) is 1. The molecule has 1 N–H and O–H groups in total. The summed E-state index contributed by atoms with van der Waals surface area (Å²) in [7, 11) is 0. The molecule has 0 radical (unpaired) electrons. The second-order valence-corrected chi connectivity index (χ2v) is 8.62. The van der Waals surface area contributed by atoms with Gasteiger partial charge in [0.25, 0.3) is 0 Å². The smallest absolute Gasteiger partial charge is 0.248 e. The van der Waals surface area contributed by atoms with Crippen LogP contribution in [-0.2, 0) is 24.2 Å². The summed E-state index contributed by atoms with van der Waals surface area (Å²) in [6.07, 6.45) is 2.53. The van der Waals surface area contributed by atoms with E-state index in [9.17, 15) is 9.59 Å². The van der Waals surface area contributed by atoms with Crippen molar-refractivity contribution in [1.29, 1.82) is 0 Å². The third-order valence-corrected chi connectivity index (χ3v) is 5.40. The van der Waals surface area contributed by atoms with Gasteiger partial charge in [0, 0.05) is 29.9 Å². The van der Waals surface area contributed by atoms with Crippen LogP contribution >= 0.6 is 0 Å². The van der Waals surface area contributed by atoms with E-state index in [-0.39, 0.29) is 29.6 Å². The van der Waals surface area contributed by atoms with Gasteiger partial charge in [-0.15, -0.1) is 0 Å². The second-order valence-electron chi connectivity index (χ2n) is 8.62. The first-order valence-electron chi connectivity index (χ1n) is 9.96. The van der Waals surface area contributed by atoms with Gasteiger partial charge in [0.05, 0.1) is 6.42 Å². The lowest BCUT2D eigenvalue weighted by Crippen LogP contribution is -2.30. The fraction of sp³-hybridized carbons (Fsp3) is 0.619. The Labute approximate surface area is 165 Å². The predicted octanol–water partition coefficient (Wildman–Crippen LogP) is 3.47. The molecule has 0 bridgehead atoms. The Balaban J connectivity index is 1.87. The fourth-order valence-electron chi connectivity index (χ4n) is 4.15. The van der Waals surface area contributed by atoms with Crippen molar-refractivity contribution in [3.63, 3.8) is 0 Å². The highest BCUT2D eigenvalue weighted by Gasteiger charge is 2.37. The molecule has 2 aromatic rings. The summed E-state index contributed by atoms with van der Waals surface area (Å²) in [4.78, 5) is 29.8. The largest absolute Gasteiger partial charge is 0.348 e. The molecule has 1 aliphatic carbocycles. The standard InChI is InChI=1S/C21H30N4O3/c1-7-8-25-13(3)15(19-16(25)10-21(5,6)11-17(19)26)9-18(27)22-12(2)20-23-14(4)24-28-20/h12H,7-11H2,1-6H3,(H,22,27)/t12-/m1/s1. The van der Waals surface area contributed by atoms with Gasteiger partial charge in [-0.2, -0.15) is 4.98 Å². The third-order valence-electron chi connectivity index (χ3n) is 5.40. The van der Waals surface area contributed by atoms with E-state index in [1.807, 2.05) is 13.8 Å². The summed E-state index contributed by atoms with van der Waals surface area (Å²) >= 11 is 0. The van der Waals surface area contributed by atoms with Gasteiger partial charge in [0.1, 0.15) is 6.04 Å². The van der Waals surface area contributed by atoms with Crippen LogP contribution < -0.4 is 5.32 Å². The van der Waals surface area contributed by atoms with Gasteiger partial charge in [-0.1, -0.05) is 25.9 Å². The molecule has 3 rings (SSSR count). The number of amides is 1. The van der Waals surface area contributed by atoms with Gasteiger partial charge in [0.15, 0.2) is 11.6 Å². The highest BCUT2D eigenvalue weighted by Crippen LogP contribution is 2.39. The van der Waals surface area contributed by atoms with Crippen molar-refractivity contribution in [1.82, 2.24) is 20.0 Å². The molecule has 1 aliphatic rings. The van der Waals surface area contributed by atoms with Crippen molar-refractivity contribution < 1.29 is 14.1 Å². The molecule has 2 heterocycles. The summed E-state index contributed by atoms with van der Waals surface area (Å²) in [5.41, 5.74) is 3.68. The maximum Gasteiger partial charge on any atom is 0.248 e. The van der Waals surface area contributed by atoms with Crippen LogP contribution in [0.3, 0.4) is 0 Å². The molecule has 0 saturated heterocycles. The van der Waals surface area contributed by atoms with Crippen molar-refractivity contribution in [2.75, 3.05) is 0 Å². The molecule has 0 saturated carbocycles. The Hall–Kier alpha value is -2.44. The molecule has 0 fully saturated rings. The van der Waals surface area contributed by atoms with Crippen LogP contribution in [0.2, 0.25) is 0 Å². The molecular formula is C21H30N4O3. The first kappa shape index (κ1) is 20.3. The molecule has 1 atom stereocenters. The minimum absolute atomic E-state index is 0.0514. The highest BCUT2D eigenvalue weighted by molar-refractivity contribution is 6.01. The van der Waals surface area contributed by atoms with Gasteiger partial charge in [-0.05, 0) is 44.6 Å². The summed E-state index contributed by atoms with van der Waals surface area (Å²) < 4.78 is 7.37. The summed E-state index contributed by atoms with van der Waals surface area (Å²) in [5, 5.41) is 6.67. The van der Waals surface area contributed by atoms with Crippen LogP contribution in [0.4, 0.5) is 0 Å². The van der Waals surface area contributed by atoms with E-state index in [0.717, 1.165) is 41.9 Å². The maximum atomic E-state index is 12.9. The zero-order valence-electron chi connectivity index (χ0n) is 17.7. The van der Waals surface area contributed by atoms with E-state index in [2.05, 4.69) is 40.8 Å². The molecule has 1 amide bonds. The molecule has 7 heteroatoms. The van der Waals surface area contributed by atoms with E-state index < -0.39 is 0 Å². The van der Waals surface area contributed by atoms with Crippen LogP contribution in [-0.4, -0.2) is 26.4 Å². The third kappa shape index (κ3) is 3.88. The first-order chi connectivity index (χ1) is 13.1. The van der Waals surface area contributed by atoms with Gasteiger partial charge in [-0.25, -0.2) is 0 Å². The van der Waals surface area contributed by atoms with Crippen molar-refractivity contribution in [3.8, 4) is 0 Å². The quantitative estimate of drug-likeness (QED) is 0.821. The summed E-state index contributed by atoms with van der Waals surface area (Å²) in [6, 6.07) is -0.378. The average Bonchev–Trinajstić information content (AvgIpc) is 3.12. The van der Waals surface area contributed by atoms with Crippen LogP contribution in [0.25, 0.3) is 0 Å². The number of ketones is 1. The van der Waals surface area contributed by atoms with Crippen LogP contribution in [0.5, 0.6) is 0 Å². The number of nitrogens with one attached hydrogen (secondary N) is 1. The van der Waals surface area contributed by atoms with E-state index in [0.29, 0.717) is 18.1 Å². The first-order valence-corrected chi connectivity index (χ1v) is 9.96. The second kappa shape index (κ2) is 7.53. The Kier molecular flexibility index (Phi) is 5.46. The molecule has 0 aliphatic heterocycles. The average molecular weight is 386 g/mol. The fourth-order valence-corrected chi connectivity index (χ4v) is 4.15. The Morgan fingerprint density at radius 3 is 2.64 bits per heavy atom. The normalized spacial score (nSPS) is 16.7. The summed E-state index contributed by atoms with van der Waals surface area (Å²) in [6.45, 7) is 12.8. The zero-order valence-corrected chi connectivity index (χ0v) is 17.7. The van der Waals surface area contributed by atoms with Crippen LogP contribution in [0, 0.1) is 19.3 Å². The Morgan fingerprint density at radius 1 is 1.32 bits per heavy atom. The zero-order chi connectivity index (χ0) is 20.6. The number of rotatable bonds is 6. The number of aryl methyl sites for hydroxylation is 1. The van der Waals surface area contributed by atoms with Crippen molar-refractivity contribution in [3.05, 3.63) is 34.2 Å². The maximum absolute atomic E-state index is 12.9. The number of nitrogens with zero attached hydrogens (tertiary/aromatic N) is 3. The number of fused-ring (bicyclic) bond motifs is 1. The van der Waals surface area contributed by atoms with Crippen molar-refractivity contribution in [2.24, 2.45) is 5.41 Å². The molecular weight excluding hydrogens is 356 g/mol. The SMILES string of the molecule is CCCn1c(C)c(CC(=O)N[C@H](C)c2nc(C)no2)c2c1CC(C)(C)CC2=O. The molecule has 152 valence electrons. The van der Waals surface area contributed by atoms with Crippen molar-refractivity contribution >= 4 is 11.7 Å². The monoisotopic (exact) mass is 386 g/mol. The van der Waals surface area contributed by atoms with Crippen LogP contribution in [0.1, 0.15) is 85.6 Å². The minimum atomic E-state index is -0.378. The molecule has 0 aromatic carbocycles. The lowest BCUT2D eigenvalue weighted by atomic mass is 9.75. The van der Waals surface area contributed by atoms with Gasteiger partial charge in [0.2, 0.25) is 11.8 Å². The molecule has 2 aromatic heterocycles. The number of hydrogen-bond acceptors (Lipinski definition) is 5. The van der Waals surface area contributed by atoms with Gasteiger partial charge >= 0.3 is 0 Å². The van der Waals surface area contributed by atoms with Crippen molar-refractivity contribution in [2.45, 2.75) is 79.8 Å². The Morgan fingerprint density at radius 2 is 2.04 bits per heavy atom. The number of carbonyl (C=O) groups is 2. The lowest BCUT2D eigenvalue weighted by Gasteiger charge is -2.30. The topological polar surface area (TPSA) is 90.0 Å². The molecule has 0 spiro atoms. The Bertz CT molecular complexity index is 907. The highest BCUT2D eigenvalue weighted by atomic mass is 16.5. The van der Waals surface area contributed by atoms with Gasteiger partial charge < -0.3 is 14.4 Å². The number of carbonyl (C=O) groups excluding carboxylic acids is 2. The van der Waals surface area contributed by atoms with Gasteiger partial charge in [-0.3, -0.25) is 9.59 Å². The van der Waals surface area contributed by atoms with E-state index in [1.54, 1.807) is 6.92 Å². The molecule has 7 nitrogen and oxygen atoms in total. The summed E-state index contributed by atoms with van der Waals surface area (Å²) in [5.74, 6) is 0.907. The van der Waals surface area contributed by atoms with Crippen LogP contribution in [0.15, 0.2) is 4.52 Å². The van der Waals surface area contributed by atoms with E-state index >= 15 is 0 Å². The van der Waals surface area contributed by atoms with E-state index in [1.165, 1.54) is 0 Å². The lowest BCUT2D eigenvalue weighted by molar-refractivity contribution is -0.121.